The Kier molecular flexibility index (Phi) is 27.0. The maximum Gasteiger partial charge on any atom is 0.195 e. The van der Waals surface area contributed by atoms with Crippen LogP contribution in [-0.2, 0) is 12.8 Å². The molecule has 86 heavy (non-hydrogen) atoms. The van der Waals surface area contributed by atoms with Crippen molar-refractivity contribution in [1.29, 1.82) is 0 Å². The Morgan fingerprint density at radius 1 is 0.291 bits per heavy atom. The quantitative estimate of drug-likeness (QED) is 0.0282. The van der Waals surface area contributed by atoms with E-state index in [1.807, 2.05) is 22.7 Å². The van der Waals surface area contributed by atoms with Crippen molar-refractivity contribution in [3.05, 3.63) is 114 Å². The number of benzene rings is 3. The zero-order chi connectivity index (χ0) is 60.0. The Balaban J connectivity index is 1.12. The van der Waals surface area contributed by atoms with Crippen LogP contribution in [-0.4, -0.2) is 0 Å². The molecule has 9 rings (SSSR count). The third-order valence-corrected chi connectivity index (χ3v) is 24.1. The van der Waals surface area contributed by atoms with Crippen molar-refractivity contribution in [2.45, 2.75) is 286 Å². The molecule has 4 aromatic heterocycles. The number of thiophene rings is 4. The van der Waals surface area contributed by atoms with Gasteiger partial charge in [-0.3, -0.25) is 9.59 Å². The summed E-state index contributed by atoms with van der Waals surface area (Å²) in [5, 5.41) is 8.99. The monoisotopic (exact) mass is 1230 g/mol. The van der Waals surface area contributed by atoms with E-state index >= 15 is 9.59 Å². The molecule has 2 nitrogen and oxygen atoms in total. The highest BCUT2D eigenvalue weighted by Gasteiger charge is 2.24. The van der Waals surface area contributed by atoms with Crippen molar-refractivity contribution in [3.8, 4) is 30.6 Å². The summed E-state index contributed by atoms with van der Waals surface area (Å²) in [5.74, 6) is 1.12. The molecule has 0 N–H and O–H groups in total. The van der Waals surface area contributed by atoms with Gasteiger partial charge in [0, 0.05) is 60.6 Å². The Hall–Kier alpha value is -3.94. The first-order chi connectivity index (χ1) is 42.2. The minimum Gasteiger partial charge on any atom is -0.289 e. The van der Waals surface area contributed by atoms with E-state index in [2.05, 4.69) is 114 Å². The molecule has 0 aliphatic heterocycles. The molecule has 0 amide bonds. The lowest BCUT2D eigenvalue weighted by Crippen LogP contribution is -2.08. The van der Waals surface area contributed by atoms with E-state index in [9.17, 15) is 0 Å². The molecule has 0 saturated carbocycles. The number of aryl methyl sites for hydroxylation is 2. The second kappa shape index (κ2) is 34.9. The SMILES string of the molecule is CCCCCCCCCCCCC(CCCCCCCC)Cc1cc2c(=O)c(-c3ccc(C)s3)cc2c2cc3c(CC(CCCCCCCC)CCCCCCCCCCCC)cc4c(=O)c(-c5ccc(-c6cc7sc(C)cc7s6)s5)cc4c3cc12. The highest BCUT2D eigenvalue weighted by molar-refractivity contribution is 7.31. The zero-order valence-corrected chi connectivity index (χ0v) is 57.7. The van der Waals surface area contributed by atoms with Crippen LogP contribution in [0.25, 0.3) is 83.1 Å². The third-order valence-electron chi connectivity index (χ3n) is 19.5. The van der Waals surface area contributed by atoms with Crippen LogP contribution in [0.2, 0.25) is 0 Å². The Morgan fingerprint density at radius 3 is 1.02 bits per heavy atom. The average molecular weight is 1230 g/mol. The maximum absolute atomic E-state index is 15.4. The highest BCUT2D eigenvalue weighted by atomic mass is 32.1. The van der Waals surface area contributed by atoms with Crippen LogP contribution in [0.4, 0.5) is 0 Å². The topological polar surface area (TPSA) is 34.1 Å². The van der Waals surface area contributed by atoms with E-state index in [0.29, 0.717) is 11.8 Å². The largest absolute Gasteiger partial charge is 0.289 e. The summed E-state index contributed by atoms with van der Waals surface area (Å²) in [6, 6.07) is 27.8. The molecule has 0 bridgehead atoms. The van der Waals surface area contributed by atoms with Crippen LogP contribution in [0.3, 0.4) is 0 Å². The van der Waals surface area contributed by atoms with Crippen LogP contribution in [0.15, 0.2) is 82.4 Å². The molecule has 6 heteroatoms. The summed E-state index contributed by atoms with van der Waals surface area (Å²) in [6.45, 7) is 13.6. The van der Waals surface area contributed by atoms with Crippen LogP contribution in [0.5, 0.6) is 0 Å². The van der Waals surface area contributed by atoms with Gasteiger partial charge in [0.05, 0.1) is 0 Å². The summed E-state index contributed by atoms with van der Waals surface area (Å²) in [5.41, 5.74) is 4.71. The first kappa shape index (κ1) is 66.5. The number of rotatable bonds is 43. The van der Waals surface area contributed by atoms with Gasteiger partial charge in [0.1, 0.15) is 0 Å². The van der Waals surface area contributed by atoms with Crippen LogP contribution in [0, 0.1) is 25.7 Å². The van der Waals surface area contributed by atoms with E-state index in [1.165, 1.54) is 293 Å². The molecule has 0 spiro atoms. The molecule has 0 radical (unpaired) electrons. The van der Waals surface area contributed by atoms with E-state index in [0.717, 1.165) is 55.3 Å². The molecule has 9 aromatic rings. The van der Waals surface area contributed by atoms with E-state index in [4.69, 9.17) is 0 Å². The smallest absolute Gasteiger partial charge is 0.195 e. The predicted molar refractivity (Wildman–Crippen MR) is 389 cm³/mol. The molecule has 4 heterocycles. The number of fused-ring (bicyclic) bond motifs is 7. The fourth-order valence-corrected chi connectivity index (χ4v) is 18.8. The van der Waals surface area contributed by atoms with Crippen molar-refractivity contribution >= 4 is 97.8 Å². The summed E-state index contributed by atoms with van der Waals surface area (Å²) in [6.07, 6.45) is 49.8. The molecule has 2 atom stereocenters. The molecule has 2 unspecified atom stereocenters. The van der Waals surface area contributed by atoms with Crippen molar-refractivity contribution < 1.29 is 0 Å². The van der Waals surface area contributed by atoms with Crippen LogP contribution in [0.1, 0.15) is 280 Å². The number of hydrogen-bond acceptors (Lipinski definition) is 6. The van der Waals surface area contributed by atoms with Gasteiger partial charge in [0.25, 0.3) is 0 Å². The average Bonchev–Trinajstić information content (AvgIpc) is 1.53. The van der Waals surface area contributed by atoms with E-state index in [-0.39, 0.29) is 10.9 Å². The fourth-order valence-electron chi connectivity index (χ4n) is 14.5. The molecule has 0 aliphatic rings. The number of unbranched alkanes of at least 4 members (excludes halogenated alkanes) is 28. The molecule has 464 valence electrons. The highest BCUT2D eigenvalue weighted by Crippen LogP contribution is 2.45. The molecule has 5 aromatic carbocycles. The first-order valence-corrected chi connectivity index (χ1v) is 38.7. The van der Waals surface area contributed by atoms with Gasteiger partial charge in [-0.1, -0.05) is 259 Å². The van der Waals surface area contributed by atoms with Gasteiger partial charge in [-0.15, -0.1) is 45.3 Å². The molecular formula is C80H108O2S4. The van der Waals surface area contributed by atoms with E-state index in [1.54, 1.807) is 22.7 Å². The van der Waals surface area contributed by atoms with Crippen molar-refractivity contribution in [2.75, 3.05) is 0 Å². The van der Waals surface area contributed by atoms with Gasteiger partial charge in [-0.05, 0) is 155 Å². The molecule has 0 aliphatic carbocycles. The normalized spacial score (nSPS) is 12.9. The van der Waals surface area contributed by atoms with Crippen molar-refractivity contribution in [1.82, 2.24) is 0 Å². The second-order valence-corrected chi connectivity index (χ2v) is 31.4. The van der Waals surface area contributed by atoms with Gasteiger partial charge < -0.3 is 0 Å². The van der Waals surface area contributed by atoms with Gasteiger partial charge >= 0.3 is 0 Å². The zero-order valence-electron chi connectivity index (χ0n) is 54.4. The summed E-state index contributed by atoms with van der Waals surface area (Å²) in [4.78, 5) is 37.7. The first-order valence-electron chi connectivity index (χ1n) is 35.5. The lowest BCUT2D eigenvalue weighted by atomic mass is 9.83. The Morgan fingerprint density at radius 2 is 0.640 bits per heavy atom. The van der Waals surface area contributed by atoms with Crippen LogP contribution < -0.4 is 10.9 Å². The van der Waals surface area contributed by atoms with Gasteiger partial charge in [0.15, 0.2) is 10.9 Å². The van der Waals surface area contributed by atoms with Crippen LogP contribution >= 0.6 is 45.3 Å². The summed E-state index contributed by atoms with van der Waals surface area (Å²) >= 11 is 7.26. The summed E-state index contributed by atoms with van der Waals surface area (Å²) in [7, 11) is 0. The van der Waals surface area contributed by atoms with E-state index < -0.39 is 0 Å². The Bertz CT molecular complexity index is 3530. The fraction of sp³-hybridized carbons (Fsp3) is 0.575. The minimum absolute atomic E-state index is 0.177. The standard InChI is InChI=1S/C80H108O2S4/c1-7-11-15-19-23-25-27-29-33-37-41-59(39-35-31-21-17-13-9-3)48-61-50-69-67(54-71(79(69)81)73-44-43-57(5)83-73)65-52-64-62(49-60(40-36-32-22-18-14-10-4)42-38-34-30-28-26-24-20-16-12-8-2)51-70-68(66(64)53-63(61)65)55-72(80(70)82)74-45-46-75(85-74)77-56-78-76(86-77)47-58(6)84-78/h43-47,50-56,59-60H,7-42,48-49H2,1-6H3. The van der Waals surface area contributed by atoms with Crippen molar-refractivity contribution in [2.24, 2.45) is 11.8 Å². The molecule has 0 fully saturated rings. The second-order valence-electron chi connectivity index (χ2n) is 26.7. The van der Waals surface area contributed by atoms with Crippen molar-refractivity contribution in [3.63, 3.8) is 0 Å². The van der Waals surface area contributed by atoms with Gasteiger partial charge in [-0.2, -0.15) is 0 Å². The van der Waals surface area contributed by atoms with Gasteiger partial charge in [0.2, 0.25) is 0 Å². The lowest BCUT2D eigenvalue weighted by Gasteiger charge is -2.21. The van der Waals surface area contributed by atoms with Gasteiger partial charge in [-0.25, -0.2) is 0 Å². The maximum atomic E-state index is 15.4. The number of hydrogen-bond donors (Lipinski definition) is 0. The molecular weight excluding hydrogens is 1120 g/mol. The lowest BCUT2D eigenvalue weighted by molar-refractivity contribution is 0.401. The molecule has 0 saturated heterocycles. The predicted octanol–water partition coefficient (Wildman–Crippen LogP) is 27.4. The minimum atomic E-state index is 0.177. The Labute approximate surface area is 536 Å². The third kappa shape index (κ3) is 18.1. The summed E-state index contributed by atoms with van der Waals surface area (Å²) < 4.78 is 2.70.